The van der Waals surface area contributed by atoms with Crippen molar-refractivity contribution in [2.45, 2.75) is 13.8 Å². The third kappa shape index (κ3) is 3.34. The molecule has 3 heteroatoms. The second-order valence-electron chi connectivity index (χ2n) is 3.05. The Labute approximate surface area is 138 Å². The Morgan fingerprint density at radius 3 is 2.07 bits per heavy atom. The van der Waals surface area contributed by atoms with E-state index in [1.54, 1.807) is 0 Å². The molecule has 0 amide bonds. The Morgan fingerprint density at radius 2 is 1.50 bits per heavy atom. The number of rotatable bonds is 0. The summed E-state index contributed by atoms with van der Waals surface area (Å²) in [6.07, 6.45) is 0. The molecule has 0 aliphatic carbocycles. The molecule has 1 radical (unpaired) electrons. The summed E-state index contributed by atoms with van der Waals surface area (Å²) in [5.74, 6) is 0. The van der Waals surface area contributed by atoms with Crippen LogP contribution < -0.4 is 48.0 Å². The van der Waals surface area contributed by atoms with E-state index in [4.69, 9.17) is 0 Å². The Kier molecular flexibility index (Phi) is 9.34. The Hall–Kier alpha value is 1.17. The van der Waals surface area contributed by atoms with Crippen molar-refractivity contribution in [1.29, 1.82) is 0 Å². The fraction of sp³-hybridized carbons (Fsp3) is 0.182. The van der Waals surface area contributed by atoms with Crippen LogP contribution in [0.5, 0.6) is 0 Å². The molecular weight excluding hydrogens is 477 g/mol. The summed E-state index contributed by atoms with van der Waals surface area (Å²) in [7, 11) is 0. The van der Waals surface area contributed by atoms with Crippen LogP contribution in [-0.2, 0) is 26.2 Å². The van der Waals surface area contributed by atoms with Crippen LogP contribution in [0.3, 0.4) is 0 Å². The van der Waals surface area contributed by atoms with Crippen LogP contribution in [0.4, 0.5) is 0 Å². The SMILES string of the molecule is Cc1ccc(C)c2[cH-]ccc12.[I-].[I-].[Zr+3]. The predicted molar refractivity (Wildman–Crippen MR) is 49.0 cm³/mol. The number of aryl methyl sites for hydroxylation is 2. The van der Waals surface area contributed by atoms with Gasteiger partial charge in [-0.15, -0.1) is 28.5 Å². The molecule has 73 valence electrons. The minimum absolute atomic E-state index is 0. The third-order valence-electron chi connectivity index (χ3n) is 2.25. The maximum absolute atomic E-state index is 2.18. The van der Waals surface area contributed by atoms with Crippen molar-refractivity contribution in [1.82, 2.24) is 0 Å². The molecule has 0 aliphatic rings. The zero-order valence-electron chi connectivity index (χ0n) is 8.14. The number of fused-ring (bicyclic) bond motifs is 1. The van der Waals surface area contributed by atoms with Crippen LogP contribution in [0.25, 0.3) is 10.8 Å². The number of halogens is 2. The first kappa shape index (κ1) is 17.6. The van der Waals surface area contributed by atoms with Crippen LogP contribution in [0.15, 0.2) is 30.3 Å². The average Bonchev–Trinajstić information content (AvgIpc) is 2.45. The van der Waals surface area contributed by atoms with Gasteiger partial charge in [0.2, 0.25) is 0 Å². The first-order chi connectivity index (χ1) is 5.29. The molecule has 2 aromatic rings. The molecule has 2 aromatic carbocycles. The average molecular weight is 488 g/mol. The Morgan fingerprint density at radius 1 is 0.929 bits per heavy atom. The first-order valence-electron chi connectivity index (χ1n) is 3.90. The molecule has 0 aliphatic heterocycles. The molecule has 2 rings (SSSR count). The Bertz CT molecular complexity index is 357. The van der Waals surface area contributed by atoms with Gasteiger partial charge in [-0.05, 0) is 6.92 Å². The summed E-state index contributed by atoms with van der Waals surface area (Å²) in [4.78, 5) is 0. The van der Waals surface area contributed by atoms with Crippen LogP contribution in [0.2, 0.25) is 0 Å². The van der Waals surface area contributed by atoms with E-state index in [1.165, 1.54) is 21.9 Å². The van der Waals surface area contributed by atoms with Crippen molar-refractivity contribution in [3.8, 4) is 0 Å². The van der Waals surface area contributed by atoms with Gasteiger partial charge in [-0.25, -0.2) is 0 Å². The van der Waals surface area contributed by atoms with Gasteiger partial charge in [-0.2, -0.15) is 12.1 Å². The summed E-state index contributed by atoms with van der Waals surface area (Å²) in [6.45, 7) is 4.31. The summed E-state index contributed by atoms with van der Waals surface area (Å²) in [6, 6.07) is 10.8. The van der Waals surface area contributed by atoms with Crippen LogP contribution in [0.1, 0.15) is 11.1 Å². The van der Waals surface area contributed by atoms with Gasteiger partial charge in [-0.3, -0.25) is 0 Å². The maximum Gasteiger partial charge on any atom is 3.00 e. The van der Waals surface area contributed by atoms with Crippen LogP contribution in [-0.4, -0.2) is 0 Å². The quantitative estimate of drug-likeness (QED) is 0.278. The number of hydrogen-bond donors (Lipinski definition) is 0. The summed E-state index contributed by atoms with van der Waals surface area (Å²) < 4.78 is 0. The fourth-order valence-electron chi connectivity index (χ4n) is 1.54. The van der Waals surface area contributed by atoms with Crippen molar-refractivity contribution in [3.63, 3.8) is 0 Å². The van der Waals surface area contributed by atoms with E-state index in [1.807, 2.05) is 0 Å². The summed E-state index contributed by atoms with van der Waals surface area (Å²) in [5, 5.41) is 2.79. The molecule has 0 atom stereocenters. The topological polar surface area (TPSA) is 0 Å². The largest absolute Gasteiger partial charge is 3.00 e. The van der Waals surface area contributed by atoms with Gasteiger partial charge in [0.1, 0.15) is 0 Å². The van der Waals surface area contributed by atoms with Gasteiger partial charge < -0.3 is 48.0 Å². The van der Waals surface area contributed by atoms with E-state index in [-0.39, 0.29) is 74.2 Å². The van der Waals surface area contributed by atoms with Crippen LogP contribution in [0, 0.1) is 13.8 Å². The smallest absolute Gasteiger partial charge is 1.00 e. The monoisotopic (exact) mass is 487 g/mol. The first-order valence-corrected chi connectivity index (χ1v) is 3.90. The number of hydrogen-bond acceptors (Lipinski definition) is 0. The van der Waals surface area contributed by atoms with E-state index < -0.39 is 0 Å². The third-order valence-corrected chi connectivity index (χ3v) is 2.25. The minimum Gasteiger partial charge on any atom is -1.00 e. The van der Waals surface area contributed by atoms with Gasteiger partial charge in [0.15, 0.2) is 0 Å². The van der Waals surface area contributed by atoms with E-state index in [0.717, 1.165) is 0 Å². The Balaban J connectivity index is 0. The zero-order chi connectivity index (χ0) is 7.84. The number of benzene rings is 1. The van der Waals surface area contributed by atoms with Gasteiger partial charge in [0.05, 0.1) is 0 Å². The molecule has 0 unspecified atom stereocenters. The molecule has 0 saturated heterocycles. The maximum atomic E-state index is 2.18. The van der Waals surface area contributed by atoms with Gasteiger partial charge in [-0.1, -0.05) is 18.6 Å². The van der Waals surface area contributed by atoms with Crippen molar-refractivity contribution < 1.29 is 74.2 Å². The van der Waals surface area contributed by atoms with Crippen LogP contribution >= 0.6 is 0 Å². The molecule has 0 heterocycles. The molecule has 0 aromatic heterocycles. The van der Waals surface area contributed by atoms with Gasteiger partial charge >= 0.3 is 26.2 Å². The van der Waals surface area contributed by atoms with E-state index in [2.05, 4.69) is 44.2 Å². The normalized spacial score (nSPS) is 8.43. The van der Waals surface area contributed by atoms with E-state index in [0.29, 0.717) is 0 Å². The van der Waals surface area contributed by atoms with Crippen molar-refractivity contribution in [3.05, 3.63) is 41.5 Å². The zero-order valence-corrected chi connectivity index (χ0v) is 14.9. The second kappa shape index (κ2) is 7.45. The van der Waals surface area contributed by atoms with Gasteiger partial charge in [0, 0.05) is 0 Å². The molecule has 0 saturated carbocycles. The van der Waals surface area contributed by atoms with Crippen molar-refractivity contribution in [2.75, 3.05) is 0 Å². The molecule has 14 heavy (non-hydrogen) atoms. The molecular formula is C11H11I2Zr. The van der Waals surface area contributed by atoms with E-state index >= 15 is 0 Å². The molecule has 0 bridgehead atoms. The molecule has 0 spiro atoms. The molecule has 0 fully saturated rings. The molecule has 0 nitrogen and oxygen atoms in total. The van der Waals surface area contributed by atoms with Crippen molar-refractivity contribution in [2.24, 2.45) is 0 Å². The molecule has 0 N–H and O–H groups in total. The predicted octanol–water partition coefficient (Wildman–Crippen LogP) is -2.82. The fourth-order valence-corrected chi connectivity index (χ4v) is 1.54. The van der Waals surface area contributed by atoms with Crippen molar-refractivity contribution >= 4 is 10.8 Å². The van der Waals surface area contributed by atoms with Gasteiger partial charge in [0.25, 0.3) is 0 Å². The summed E-state index contributed by atoms with van der Waals surface area (Å²) in [5.41, 5.74) is 2.74. The second-order valence-corrected chi connectivity index (χ2v) is 3.05. The minimum atomic E-state index is 0. The van der Waals surface area contributed by atoms with E-state index in [9.17, 15) is 0 Å². The summed E-state index contributed by atoms with van der Waals surface area (Å²) >= 11 is 0. The standard InChI is InChI=1S/C11H11.2HI.Zr/c1-8-6-7-9(2)11-5-3-4-10(8)11;;;/h3-7H,1-2H3;2*1H;/q-1;;;+3/p-2.